The first-order valence-electron chi connectivity index (χ1n) is 5.31. The highest BCUT2D eigenvalue weighted by Gasteiger charge is 2.21. The van der Waals surface area contributed by atoms with Crippen LogP contribution in [-0.4, -0.2) is 29.0 Å². The van der Waals surface area contributed by atoms with Crippen LogP contribution in [0.15, 0.2) is 0 Å². The van der Waals surface area contributed by atoms with Crippen LogP contribution in [0.5, 0.6) is 0 Å². The zero-order chi connectivity index (χ0) is 12.1. The second-order valence-corrected chi connectivity index (χ2v) is 6.24. The van der Waals surface area contributed by atoms with Gasteiger partial charge in [-0.2, -0.15) is 0 Å². The molecule has 0 unspecified atom stereocenters. The van der Waals surface area contributed by atoms with Gasteiger partial charge in [-0.15, -0.1) is 0 Å². The van der Waals surface area contributed by atoms with Crippen molar-refractivity contribution in [3.8, 4) is 0 Å². The van der Waals surface area contributed by atoms with Gasteiger partial charge in [0.1, 0.15) is 0 Å². The van der Waals surface area contributed by atoms with E-state index in [9.17, 15) is 4.79 Å². The molecule has 0 radical (unpaired) electrons. The number of alkyl halides is 1. The topological polar surface area (TPSA) is 49.3 Å². The summed E-state index contributed by atoms with van der Waals surface area (Å²) in [7, 11) is 0. The van der Waals surface area contributed by atoms with Crippen molar-refractivity contribution in [3.05, 3.63) is 0 Å². The van der Waals surface area contributed by atoms with Crippen LogP contribution in [0.3, 0.4) is 0 Å². The van der Waals surface area contributed by atoms with Gasteiger partial charge in [-0.05, 0) is 12.3 Å². The van der Waals surface area contributed by atoms with E-state index in [4.69, 9.17) is 5.11 Å². The van der Waals surface area contributed by atoms with Crippen molar-refractivity contribution in [1.29, 1.82) is 0 Å². The van der Waals surface area contributed by atoms with Crippen LogP contribution in [-0.2, 0) is 4.79 Å². The molecule has 0 aliphatic carbocycles. The number of carbonyl (C=O) groups is 1. The second-order valence-electron chi connectivity index (χ2n) is 5.14. The number of hydrogen-bond donors (Lipinski definition) is 2. The van der Waals surface area contributed by atoms with E-state index in [0.29, 0.717) is 12.5 Å². The third-order valence-corrected chi connectivity index (χ3v) is 2.92. The molecule has 0 rings (SSSR count). The van der Waals surface area contributed by atoms with E-state index in [1.54, 1.807) is 0 Å². The van der Waals surface area contributed by atoms with E-state index in [1.165, 1.54) is 0 Å². The van der Waals surface area contributed by atoms with Crippen LogP contribution in [0.1, 0.15) is 34.1 Å². The van der Waals surface area contributed by atoms with Gasteiger partial charge in [-0.1, -0.05) is 43.6 Å². The number of halogens is 1. The van der Waals surface area contributed by atoms with E-state index >= 15 is 0 Å². The Balaban J connectivity index is 3.93. The third-order valence-electron chi connectivity index (χ3n) is 2.13. The summed E-state index contributed by atoms with van der Waals surface area (Å²) in [6.45, 7) is 8.57. The van der Waals surface area contributed by atoms with E-state index in [2.05, 4.69) is 35.1 Å². The molecule has 0 saturated heterocycles. The van der Waals surface area contributed by atoms with Crippen molar-refractivity contribution in [2.24, 2.45) is 11.3 Å². The third kappa shape index (κ3) is 6.90. The molecule has 0 aliphatic rings. The average molecular weight is 280 g/mol. The van der Waals surface area contributed by atoms with Crippen LogP contribution in [0, 0.1) is 11.3 Å². The molecule has 0 spiro atoms. The number of amides is 1. The highest BCUT2D eigenvalue weighted by atomic mass is 79.9. The lowest BCUT2D eigenvalue weighted by molar-refractivity contribution is -0.121. The van der Waals surface area contributed by atoms with Crippen LogP contribution in [0.2, 0.25) is 0 Å². The quantitative estimate of drug-likeness (QED) is 0.730. The van der Waals surface area contributed by atoms with Crippen LogP contribution in [0.25, 0.3) is 0 Å². The van der Waals surface area contributed by atoms with Gasteiger partial charge in [-0.3, -0.25) is 4.79 Å². The molecular weight excluding hydrogens is 258 g/mol. The SMILES string of the molecule is CC(C)C[C@@H](Br)C(=O)NCC(C)(C)CO. The Hall–Kier alpha value is -0.0900. The Morgan fingerprint density at radius 2 is 2.00 bits per heavy atom. The summed E-state index contributed by atoms with van der Waals surface area (Å²) in [4.78, 5) is 11.5. The summed E-state index contributed by atoms with van der Waals surface area (Å²) >= 11 is 3.36. The van der Waals surface area contributed by atoms with Gasteiger partial charge in [0, 0.05) is 18.6 Å². The number of nitrogens with one attached hydrogen (secondary N) is 1. The summed E-state index contributed by atoms with van der Waals surface area (Å²) in [6, 6.07) is 0. The van der Waals surface area contributed by atoms with Crippen molar-refractivity contribution in [1.82, 2.24) is 5.32 Å². The Morgan fingerprint density at radius 3 is 2.40 bits per heavy atom. The van der Waals surface area contributed by atoms with Gasteiger partial charge in [0.05, 0.1) is 4.83 Å². The summed E-state index contributed by atoms with van der Waals surface area (Å²) in [5.41, 5.74) is -0.250. The monoisotopic (exact) mass is 279 g/mol. The Labute approximate surface area is 101 Å². The minimum atomic E-state index is -0.250. The summed E-state index contributed by atoms with van der Waals surface area (Å²) < 4.78 is 0. The maximum Gasteiger partial charge on any atom is 0.233 e. The molecule has 0 aromatic heterocycles. The smallest absolute Gasteiger partial charge is 0.233 e. The minimum Gasteiger partial charge on any atom is -0.396 e. The van der Waals surface area contributed by atoms with Crippen LogP contribution >= 0.6 is 15.9 Å². The first-order valence-corrected chi connectivity index (χ1v) is 6.22. The van der Waals surface area contributed by atoms with Gasteiger partial charge >= 0.3 is 0 Å². The molecule has 0 bridgehead atoms. The maximum absolute atomic E-state index is 11.6. The van der Waals surface area contributed by atoms with E-state index < -0.39 is 0 Å². The Kier molecular flexibility index (Phi) is 6.44. The second kappa shape index (κ2) is 6.48. The Bertz CT molecular complexity index is 205. The Morgan fingerprint density at radius 1 is 1.47 bits per heavy atom. The van der Waals surface area contributed by atoms with Gasteiger partial charge in [0.15, 0.2) is 0 Å². The van der Waals surface area contributed by atoms with Crippen molar-refractivity contribution >= 4 is 21.8 Å². The van der Waals surface area contributed by atoms with Crippen molar-refractivity contribution in [3.63, 3.8) is 0 Å². The van der Waals surface area contributed by atoms with Gasteiger partial charge in [0.2, 0.25) is 5.91 Å². The molecule has 0 aliphatic heterocycles. The van der Waals surface area contributed by atoms with E-state index in [1.807, 2.05) is 13.8 Å². The number of aliphatic hydroxyl groups excluding tert-OH is 1. The molecule has 0 aromatic rings. The molecule has 4 heteroatoms. The average Bonchev–Trinajstić information content (AvgIpc) is 2.13. The van der Waals surface area contributed by atoms with Crippen LogP contribution in [0.4, 0.5) is 0 Å². The molecule has 15 heavy (non-hydrogen) atoms. The normalized spacial score (nSPS) is 14.1. The predicted molar refractivity (Wildman–Crippen MR) is 66.0 cm³/mol. The zero-order valence-electron chi connectivity index (χ0n) is 10.0. The number of aliphatic hydroxyl groups is 1. The standard InChI is InChI=1S/C11H22BrNO2/c1-8(2)5-9(12)10(15)13-6-11(3,4)7-14/h8-9,14H,5-7H2,1-4H3,(H,13,15)/t9-/m1/s1. The molecule has 2 N–H and O–H groups in total. The predicted octanol–water partition coefficient (Wildman–Crippen LogP) is 1.93. The largest absolute Gasteiger partial charge is 0.396 e. The summed E-state index contributed by atoms with van der Waals surface area (Å²) in [5, 5.41) is 11.9. The summed E-state index contributed by atoms with van der Waals surface area (Å²) in [6.07, 6.45) is 0.825. The lowest BCUT2D eigenvalue weighted by Gasteiger charge is -2.23. The molecule has 0 saturated carbocycles. The van der Waals surface area contributed by atoms with Crippen molar-refractivity contribution in [2.45, 2.75) is 38.9 Å². The highest BCUT2D eigenvalue weighted by Crippen LogP contribution is 2.15. The maximum atomic E-state index is 11.6. The zero-order valence-corrected chi connectivity index (χ0v) is 11.6. The number of hydrogen-bond acceptors (Lipinski definition) is 2. The molecule has 1 amide bonds. The molecule has 3 nitrogen and oxygen atoms in total. The lowest BCUT2D eigenvalue weighted by Crippen LogP contribution is -2.39. The molecule has 90 valence electrons. The fourth-order valence-corrected chi connectivity index (χ4v) is 1.92. The van der Waals surface area contributed by atoms with Crippen LogP contribution < -0.4 is 5.32 Å². The molecule has 1 atom stereocenters. The lowest BCUT2D eigenvalue weighted by atomic mass is 9.95. The molecule has 0 heterocycles. The number of rotatable bonds is 6. The van der Waals surface area contributed by atoms with Gasteiger partial charge < -0.3 is 10.4 Å². The van der Waals surface area contributed by atoms with Gasteiger partial charge in [0.25, 0.3) is 0 Å². The first kappa shape index (κ1) is 14.9. The van der Waals surface area contributed by atoms with Crippen molar-refractivity contribution < 1.29 is 9.90 Å². The van der Waals surface area contributed by atoms with Gasteiger partial charge in [-0.25, -0.2) is 0 Å². The van der Waals surface area contributed by atoms with Crippen molar-refractivity contribution in [2.75, 3.05) is 13.2 Å². The van der Waals surface area contributed by atoms with E-state index in [-0.39, 0.29) is 22.8 Å². The fraction of sp³-hybridized carbons (Fsp3) is 0.909. The summed E-state index contributed by atoms with van der Waals surface area (Å²) in [5.74, 6) is 0.496. The molecule has 0 aromatic carbocycles. The number of carbonyl (C=O) groups excluding carboxylic acids is 1. The molecular formula is C11H22BrNO2. The highest BCUT2D eigenvalue weighted by molar-refractivity contribution is 9.10. The minimum absolute atomic E-state index is 0.00484. The van der Waals surface area contributed by atoms with E-state index in [0.717, 1.165) is 6.42 Å². The first-order chi connectivity index (χ1) is 6.78. The molecule has 0 fully saturated rings. The fourth-order valence-electron chi connectivity index (χ4n) is 1.01.